The number of carbonyl (C=O) groups excluding carboxylic acids is 1. The Morgan fingerprint density at radius 2 is 1.65 bits per heavy atom. The van der Waals surface area contributed by atoms with Crippen LogP contribution in [-0.2, 0) is 0 Å². The van der Waals surface area contributed by atoms with E-state index in [1.54, 1.807) is 7.11 Å². The number of fused-ring (bicyclic) bond motifs is 3. The van der Waals surface area contributed by atoms with Crippen molar-refractivity contribution in [2.45, 2.75) is 0 Å². The van der Waals surface area contributed by atoms with Gasteiger partial charge in [-0.05, 0) is 28.5 Å². The van der Waals surface area contributed by atoms with Crippen molar-refractivity contribution in [1.29, 1.82) is 0 Å². The first-order chi connectivity index (χ1) is 11.2. The summed E-state index contributed by atoms with van der Waals surface area (Å²) in [6.07, 6.45) is 0. The Hall–Kier alpha value is -3.07. The van der Waals surface area contributed by atoms with Gasteiger partial charge in [-0.15, -0.1) is 0 Å². The molecule has 0 unspecified atom stereocenters. The van der Waals surface area contributed by atoms with Crippen LogP contribution in [0.3, 0.4) is 0 Å². The summed E-state index contributed by atoms with van der Waals surface area (Å²) in [6.45, 7) is 0. The lowest BCUT2D eigenvalue weighted by Gasteiger charge is -2.05. The normalized spacial score (nSPS) is 13.5. The highest BCUT2D eigenvalue weighted by Gasteiger charge is 2.30. The Balaban J connectivity index is 1.91. The third kappa shape index (κ3) is 1.94. The van der Waals surface area contributed by atoms with Gasteiger partial charge >= 0.3 is 0 Å². The van der Waals surface area contributed by atoms with Crippen LogP contribution < -0.4 is 10.5 Å². The Bertz CT molecular complexity index is 969. The maximum atomic E-state index is 13.0. The number of carbonyl (C=O) groups is 1. The summed E-state index contributed by atoms with van der Waals surface area (Å²) in [4.78, 5) is 13.0. The first-order valence-corrected chi connectivity index (χ1v) is 7.41. The van der Waals surface area contributed by atoms with E-state index in [4.69, 9.17) is 10.5 Å². The topological polar surface area (TPSA) is 52.3 Å². The molecule has 3 aromatic carbocycles. The molecule has 0 saturated carbocycles. The van der Waals surface area contributed by atoms with Crippen molar-refractivity contribution < 1.29 is 9.53 Å². The maximum Gasteiger partial charge on any atom is 0.197 e. The molecule has 0 bridgehead atoms. The van der Waals surface area contributed by atoms with Crippen LogP contribution in [0, 0.1) is 0 Å². The maximum absolute atomic E-state index is 13.0. The van der Waals surface area contributed by atoms with Crippen molar-refractivity contribution in [2.75, 3.05) is 7.11 Å². The molecule has 0 fully saturated rings. The number of nitrogens with two attached hydrogens (primary N) is 1. The van der Waals surface area contributed by atoms with E-state index in [0.717, 1.165) is 27.6 Å². The van der Waals surface area contributed by atoms with Crippen LogP contribution in [0.5, 0.6) is 5.75 Å². The highest BCUT2D eigenvalue weighted by Crippen LogP contribution is 2.39. The summed E-state index contributed by atoms with van der Waals surface area (Å²) >= 11 is 0. The highest BCUT2D eigenvalue weighted by atomic mass is 16.5. The Morgan fingerprint density at radius 1 is 0.913 bits per heavy atom. The number of hydrogen-bond donors (Lipinski definition) is 1. The predicted molar refractivity (Wildman–Crippen MR) is 92.3 cm³/mol. The lowest BCUT2D eigenvalue weighted by atomic mass is 9.97. The number of hydrogen-bond acceptors (Lipinski definition) is 3. The molecule has 112 valence electrons. The van der Waals surface area contributed by atoms with Crippen molar-refractivity contribution in [3.8, 4) is 5.75 Å². The molecule has 3 nitrogen and oxygen atoms in total. The first kappa shape index (κ1) is 13.6. The lowest BCUT2D eigenvalue weighted by molar-refractivity contribution is 0.106. The van der Waals surface area contributed by atoms with Crippen LogP contribution in [-0.4, -0.2) is 12.9 Å². The zero-order valence-electron chi connectivity index (χ0n) is 12.7. The second-order valence-corrected chi connectivity index (χ2v) is 5.56. The van der Waals surface area contributed by atoms with Crippen LogP contribution in [0.4, 0.5) is 0 Å². The van der Waals surface area contributed by atoms with Crippen LogP contribution in [0.15, 0.2) is 60.7 Å². The van der Waals surface area contributed by atoms with Gasteiger partial charge in [-0.3, -0.25) is 4.79 Å². The van der Waals surface area contributed by atoms with Crippen molar-refractivity contribution in [2.24, 2.45) is 5.73 Å². The SMILES string of the molecule is COc1ccc(C2=C(N)c3ccc4ccccc4c3C2=O)cc1. The number of ether oxygens (including phenoxy) is 1. The zero-order chi connectivity index (χ0) is 16.0. The van der Waals surface area contributed by atoms with Gasteiger partial charge in [-0.1, -0.05) is 48.5 Å². The number of allylic oxidation sites excluding steroid dienone is 1. The fourth-order valence-corrected chi connectivity index (χ4v) is 3.17. The third-order valence-corrected chi connectivity index (χ3v) is 4.32. The van der Waals surface area contributed by atoms with Gasteiger partial charge < -0.3 is 10.5 Å². The molecule has 0 spiro atoms. The van der Waals surface area contributed by atoms with Gasteiger partial charge in [0, 0.05) is 11.1 Å². The lowest BCUT2D eigenvalue weighted by Crippen LogP contribution is -2.00. The quantitative estimate of drug-likeness (QED) is 0.781. The largest absolute Gasteiger partial charge is 0.497 e. The summed E-state index contributed by atoms with van der Waals surface area (Å²) in [5.41, 5.74) is 9.75. The molecule has 3 heteroatoms. The van der Waals surface area contributed by atoms with E-state index in [1.807, 2.05) is 60.7 Å². The minimum atomic E-state index is -0.0144. The van der Waals surface area contributed by atoms with Crippen LogP contribution >= 0.6 is 0 Å². The number of Topliss-reactive ketones (excluding diaryl/α,β-unsaturated/α-hetero) is 1. The molecule has 0 aliphatic heterocycles. The van der Waals surface area contributed by atoms with E-state index < -0.39 is 0 Å². The summed E-state index contributed by atoms with van der Waals surface area (Å²) in [7, 11) is 1.62. The minimum absolute atomic E-state index is 0.0144. The number of ketones is 1. The molecule has 2 N–H and O–H groups in total. The third-order valence-electron chi connectivity index (χ3n) is 4.32. The second kappa shape index (κ2) is 4.99. The zero-order valence-corrected chi connectivity index (χ0v) is 12.7. The molecule has 3 aromatic rings. The van der Waals surface area contributed by atoms with Gasteiger partial charge in [-0.2, -0.15) is 0 Å². The van der Waals surface area contributed by atoms with Crippen LogP contribution in [0.25, 0.3) is 22.0 Å². The molecule has 1 aliphatic carbocycles. The fourth-order valence-electron chi connectivity index (χ4n) is 3.17. The van der Waals surface area contributed by atoms with Crippen molar-refractivity contribution >= 4 is 27.8 Å². The minimum Gasteiger partial charge on any atom is -0.497 e. The molecule has 4 rings (SSSR count). The standard InChI is InChI=1S/C20H15NO2/c1-23-14-9-6-13(7-10-14)17-19(21)16-11-8-12-4-2-3-5-15(12)18(16)20(17)22/h2-11H,21H2,1H3. The summed E-state index contributed by atoms with van der Waals surface area (Å²) in [6, 6.07) is 19.2. The van der Waals surface area contributed by atoms with E-state index in [1.165, 1.54) is 0 Å². The number of rotatable bonds is 2. The van der Waals surface area contributed by atoms with E-state index in [9.17, 15) is 4.79 Å². The van der Waals surface area contributed by atoms with E-state index >= 15 is 0 Å². The van der Waals surface area contributed by atoms with Gasteiger partial charge in [0.05, 0.1) is 18.4 Å². The molecule has 0 amide bonds. The highest BCUT2D eigenvalue weighted by molar-refractivity contribution is 6.42. The molecule has 23 heavy (non-hydrogen) atoms. The van der Waals surface area contributed by atoms with E-state index in [-0.39, 0.29) is 5.78 Å². The van der Waals surface area contributed by atoms with E-state index in [2.05, 4.69) is 0 Å². The van der Waals surface area contributed by atoms with Gasteiger partial charge in [-0.25, -0.2) is 0 Å². The molecule has 0 atom stereocenters. The van der Waals surface area contributed by atoms with Gasteiger partial charge in [0.2, 0.25) is 0 Å². The molecule has 0 saturated heterocycles. The molecule has 0 heterocycles. The van der Waals surface area contributed by atoms with Crippen molar-refractivity contribution in [3.05, 3.63) is 77.4 Å². The monoisotopic (exact) mass is 301 g/mol. The average molecular weight is 301 g/mol. The Kier molecular flexibility index (Phi) is 2.95. The van der Waals surface area contributed by atoms with Gasteiger partial charge in [0.15, 0.2) is 5.78 Å². The molecule has 0 aromatic heterocycles. The van der Waals surface area contributed by atoms with Crippen LogP contribution in [0.1, 0.15) is 21.5 Å². The predicted octanol–water partition coefficient (Wildman–Crippen LogP) is 3.87. The summed E-state index contributed by atoms with van der Waals surface area (Å²) in [5, 5.41) is 1.99. The van der Waals surface area contributed by atoms with Crippen molar-refractivity contribution in [3.63, 3.8) is 0 Å². The summed E-state index contributed by atoms with van der Waals surface area (Å²) < 4.78 is 5.17. The Labute approximate surface area is 134 Å². The smallest absolute Gasteiger partial charge is 0.197 e. The van der Waals surface area contributed by atoms with Gasteiger partial charge in [0.1, 0.15) is 5.75 Å². The van der Waals surface area contributed by atoms with Gasteiger partial charge in [0.25, 0.3) is 0 Å². The van der Waals surface area contributed by atoms with Crippen LogP contribution in [0.2, 0.25) is 0 Å². The average Bonchev–Trinajstić information content (AvgIpc) is 2.86. The summed E-state index contributed by atoms with van der Waals surface area (Å²) in [5.74, 6) is 0.737. The van der Waals surface area contributed by atoms with E-state index in [0.29, 0.717) is 16.8 Å². The Morgan fingerprint density at radius 3 is 2.39 bits per heavy atom. The molecular weight excluding hydrogens is 286 g/mol. The molecule has 1 aliphatic rings. The molecule has 0 radical (unpaired) electrons. The number of benzene rings is 3. The van der Waals surface area contributed by atoms with Crippen molar-refractivity contribution in [1.82, 2.24) is 0 Å². The fraction of sp³-hybridized carbons (Fsp3) is 0.0500. The number of methoxy groups -OCH3 is 1. The molecular formula is C20H15NO2. The second-order valence-electron chi connectivity index (χ2n) is 5.56. The first-order valence-electron chi connectivity index (χ1n) is 7.41.